The van der Waals surface area contributed by atoms with Crippen molar-refractivity contribution >= 4 is 22.8 Å². The van der Waals surface area contributed by atoms with Crippen LogP contribution < -0.4 is 5.32 Å². The minimum atomic E-state index is -0.421. The number of pyridine rings is 1. The lowest BCUT2D eigenvalue weighted by Crippen LogP contribution is -2.31. The van der Waals surface area contributed by atoms with Crippen LogP contribution in [0.5, 0.6) is 0 Å². The van der Waals surface area contributed by atoms with Crippen molar-refractivity contribution in [1.29, 1.82) is 0 Å². The molecule has 1 aromatic carbocycles. The lowest BCUT2D eigenvalue weighted by molar-refractivity contribution is -0.124. The fourth-order valence-corrected chi connectivity index (χ4v) is 4.06. The van der Waals surface area contributed by atoms with Gasteiger partial charge in [0.15, 0.2) is 6.61 Å². The molecule has 1 amide bonds. The zero-order chi connectivity index (χ0) is 19.9. The van der Waals surface area contributed by atoms with Crippen molar-refractivity contribution in [3.63, 3.8) is 0 Å². The largest absolute Gasteiger partial charge is 0.452 e. The topological polar surface area (TPSA) is 68.3 Å². The summed E-state index contributed by atoms with van der Waals surface area (Å²) in [5.41, 5.74) is 3.55. The van der Waals surface area contributed by atoms with E-state index in [-0.39, 0.29) is 24.0 Å². The number of aromatic nitrogens is 1. The van der Waals surface area contributed by atoms with Gasteiger partial charge >= 0.3 is 5.97 Å². The second-order valence-corrected chi connectivity index (χ2v) is 9.15. The van der Waals surface area contributed by atoms with Gasteiger partial charge in [0.1, 0.15) is 0 Å². The molecule has 28 heavy (non-hydrogen) atoms. The number of hydrogen-bond donors (Lipinski definition) is 1. The van der Waals surface area contributed by atoms with E-state index >= 15 is 0 Å². The summed E-state index contributed by atoms with van der Waals surface area (Å²) in [6.45, 7) is 6.51. The number of carbonyl (C=O) groups excluding carboxylic acids is 2. The highest BCUT2D eigenvalue weighted by Gasteiger charge is 2.33. The molecule has 0 spiro atoms. The fourth-order valence-electron chi connectivity index (χ4n) is 4.06. The maximum absolute atomic E-state index is 13.1. The quantitative estimate of drug-likeness (QED) is 0.819. The molecule has 1 atom stereocenters. The van der Waals surface area contributed by atoms with E-state index in [2.05, 4.69) is 26.1 Å². The summed E-state index contributed by atoms with van der Waals surface area (Å²) < 4.78 is 5.43. The van der Waals surface area contributed by atoms with E-state index < -0.39 is 5.97 Å². The molecule has 1 N–H and O–H groups in total. The van der Waals surface area contributed by atoms with Crippen LogP contribution in [0, 0.1) is 11.3 Å². The molecule has 148 valence electrons. The third kappa shape index (κ3) is 3.89. The van der Waals surface area contributed by atoms with Crippen molar-refractivity contribution in [2.45, 2.75) is 58.9 Å². The van der Waals surface area contributed by atoms with Crippen molar-refractivity contribution < 1.29 is 14.3 Å². The first-order chi connectivity index (χ1) is 13.3. The summed E-state index contributed by atoms with van der Waals surface area (Å²) in [5.74, 6) is -0.168. The average molecular weight is 380 g/mol. The lowest BCUT2D eigenvalue weighted by atomic mass is 9.70. The number of rotatable bonds is 4. The number of nitrogens with one attached hydrogen (secondary N) is 1. The van der Waals surface area contributed by atoms with Crippen LogP contribution in [-0.2, 0) is 22.4 Å². The zero-order valence-electron chi connectivity index (χ0n) is 16.9. The summed E-state index contributed by atoms with van der Waals surface area (Å²) in [5, 5.41) is 3.67. The predicted octanol–water partition coefficient (Wildman–Crippen LogP) is 3.82. The van der Waals surface area contributed by atoms with E-state index in [0.29, 0.717) is 11.5 Å². The molecule has 5 heteroatoms. The normalized spacial score (nSPS) is 19.2. The highest BCUT2D eigenvalue weighted by Crippen LogP contribution is 2.39. The number of amides is 1. The Morgan fingerprint density at radius 1 is 1.18 bits per heavy atom. The minimum Gasteiger partial charge on any atom is -0.452 e. The number of aryl methyl sites for hydroxylation is 1. The molecule has 0 aliphatic heterocycles. The molecule has 2 aliphatic carbocycles. The van der Waals surface area contributed by atoms with Crippen LogP contribution in [0.1, 0.15) is 61.6 Å². The summed E-state index contributed by atoms with van der Waals surface area (Å²) in [7, 11) is 0. The third-order valence-corrected chi connectivity index (χ3v) is 5.96. The summed E-state index contributed by atoms with van der Waals surface area (Å²) >= 11 is 0. The maximum Gasteiger partial charge on any atom is 0.339 e. The van der Waals surface area contributed by atoms with Crippen LogP contribution in [0.4, 0.5) is 0 Å². The molecule has 5 nitrogen and oxygen atoms in total. The molecule has 1 fully saturated rings. The SMILES string of the molecule is CC(C)(C)[C@@H]1CCc2nc3ccccc3c(C(=O)OCC(=O)NC3CC3)c2C1. The second kappa shape index (κ2) is 7.19. The van der Waals surface area contributed by atoms with Gasteiger partial charge in [0.25, 0.3) is 5.91 Å². The van der Waals surface area contributed by atoms with Gasteiger partial charge in [0.05, 0.1) is 11.1 Å². The van der Waals surface area contributed by atoms with Crippen LogP contribution in [0.2, 0.25) is 0 Å². The van der Waals surface area contributed by atoms with E-state index in [1.807, 2.05) is 24.3 Å². The number of carbonyl (C=O) groups is 2. The number of fused-ring (bicyclic) bond motifs is 2. The van der Waals surface area contributed by atoms with Gasteiger partial charge in [-0.25, -0.2) is 4.79 Å². The van der Waals surface area contributed by atoms with Crippen LogP contribution in [0.25, 0.3) is 10.9 Å². The van der Waals surface area contributed by atoms with Crippen LogP contribution in [0.15, 0.2) is 24.3 Å². The Morgan fingerprint density at radius 3 is 2.64 bits per heavy atom. The average Bonchev–Trinajstić information content (AvgIpc) is 3.47. The number of benzene rings is 1. The molecule has 1 saturated carbocycles. The van der Waals surface area contributed by atoms with E-state index in [0.717, 1.165) is 54.3 Å². The first-order valence-corrected chi connectivity index (χ1v) is 10.2. The van der Waals surface area contributed by atoms with Gasteiger partial charge in [-0.05, 0) is 55.1 Å². The number of para-hydroxylation sites is 1. The Hall–Kier alpha value is -2.43. The molecule has 2 aliphatic rings. The Bertz CT molecular complexity index is 925. The van der Waals surface area contributed by atoms with E-state index in [1.54, 1.807) is 0 Å². The number of nitrogens with zero attached hydrogens (tertiary/aromatic N) is 1. The highest BCUT2D eigenvalue weighted by atomic mass is 16.5. The number of esters is 1. The van der Waals surface area contributed by atoms with Crippen molar-refractivity contribution in [3.05, 3.63) is 41.1 Å². The second-order valence-electron chi connectivity index (χ2n) is 9.15. The first-order valence-electron chi connectivity index (χ1n) is 10.2. The fraction of sp³-hybridized carbons (Fsp3) is 0.522. The molecular formula is C23H28N2O3. The molecule has 2 aromatic rings. The van der Waals surface area contributed by atoms with Crippen molar-refractivity contribution in [1.82, 2.24) is 10.3 Å². The van der Waals surface area contributed by atoms with Gasteiger partial charge in [-0.15, -0.1) is 0 Å². The molecular weight excluding hydrogens is 352 g/mol. The number of ether oxygens (including phenoxy) is 1. The van der Waals surface area contributed by atoms with Gasteiger partial charge in [0, 0.05) is 17.1 Å². The van der Waals surface area contributed by atoms with Crippen LogP contribution in [0.3, 0.4) is 0 Å². The lowest BCUT2D eigenvalue weighted by Gasteiger charge is -2.35. The molecule has 0 bridgehead atoms. The van der Waals surface area contributed by atoms with Gasteiger partial charge < -0.3 is 10.1 Å². The highest BCUT2D eigenvalue weighted by molar-refractivity contribution is 6.05. The van der Waals surface area contributed by atoms with E-state index in [4.69, 9.17) is 9.72 Å². The molecule has 0 saturated heterocycles. The van der Waals surface area contributed by atoms with Crippen molar-refractivity contribution in [2.75, 3.05) is 6.61 Å². The van der Waals surface area contributed by atoms with Crippen molar-refractivity contribution in [2.24, 2.45) is 11.3 Å². The Balaban J connectivity index is 1.66. The molecule has 4 rings (SSSR count). The Morgan fingerprint density at radius 2 is 1.93 bits per heavy atom. The van der Waals surface area contributed by atoms with Crippen LogP contribution >= 0.6 is 0 Å². The monoisotopic (exact) mass is 380 g/mol. The van der Waals surface area contributed by atoms with Gasteiger partial charge in [0.2, 0.25) is 0 Å². The van der Waals surface area contributed by atoms with Gasteiger partial charge in [-0.2, -0.15) is 0 Å². The standard InChI is InChI=1S/C23H28N2O3/c1-23(2,3)14-8-11-19-17(12-14)21(16-6-4-5-7-18(16)25-19)22(27)28-13-20(26)24-15-9-10-15/h4-7,14-15H,8-13H2,1-3H3,(H,24,26)/t14-/m1/s1. The molecule has 0 radical (unpaired) electrons. The minimum absolute atomic E-state index is 0.161. The summed E-state index contributed by atoms with van der Waals surface area (Å²) in [4.78, 5) is 29.9. The van der Waals surface area contributed by atoms with E-state index in [9.17, 15) is 9.59 Å². The smallest absolute Gasteiger partial charge is 0.339 e. The number of hydrogen-bond acceptors (Lipinski definition) is 4. The molecule has 1 heterocycles. The molecule has 1 aromatic heterocycles. The predicted molar refractivity (Wildman–Crippen MR) is 108 cm³/mol. The van der Waals surface area contributed by atoms with Crippen molar-refractivity contribution in [3.8, 4) is 0 Å². The first kappa shape index (κ1) is 18.9. The zero-order valence-corrected chi connectivity index (χ0v) is 16.9. The van der Waals surface area contributed by atoms with Gasteiger partial charge in [-0.3, -0.25) is 9.78 Å². The summed E-state index contributed by atoms with van der Waals surface area (Å²) in [6, 6.07) is 7.96. The Kier molecular flexibility index (Phi) is 4.86. The van der Waals surface area contributed by atoms with Crippen LogP contribution in [-0.4, -0.2) is 29.5 Å². The summed E-state index contributed by atoms with van der Waals surface area (Å²) in [6.07, 6.45) is 4.77. The Labute approximate surface area is 165 Å². The maximum atomic E-state index is 13.1. The third-order valence-electron chi connectivity index (χ3n) is 5.96. The van der Waals surface area contributed by atoms with E-state index in [1.165, 1.54) is 0 Å². The molecule has 0 unspecified atom stereocenters. The van der Waals surface area contributed by atoms with Gasteiger partial charge in [-0.1, -0.05) is 39.0 Å².